The van der Waals surface area contributed by atoms with Crippen LogP contribution in [0.1, 0.15) is 0 Å². The highest BCUT2D eigenvalue weighted by Gasteiger charge is 2.05. The van der Waals surface area contributed by atoms with Crippen LogP contribution in [0.3, 0.4) is 0 Å². The van der Waals surface area contributed by atoms with Crippen molar-refractivity contribution in [3.8, 4) is 0 Å². The average Bonchev–Trinajstić information content (AvgIpc) is 2.40. The summed E-state index contributed by atoms with van der Waals surface area (Å²) in [7, 11) is 0. The van der Waals surface area contributed by atoms with Gasteiger partial charge >= 0.3 is 0 Å². The van der Waals surface area contributed by atoms with Gasteiger partial charge in [0.25, 0.3) is 0 Å². The van der Waals surface area contributed by atoms with Crippen molar-refractivity contribution in [3.63, 3.8) is 0 Å². The van der Waals surface area contributed by atoms with Gasteiger partial charge < -0.3 is 10.6 Å². The molecule has 0 saturated heterocycles. The molecule has 20 heavy (non-hydrogen) atoms. The zero-order valence-corrected chi connectivity index (χ0v) is 16.7. The van der Waals surface area contributed by atoms with Gasteiger partial charge in [0.1, 0.15) is 0 Å². The number of halogens is 4. The standard InChI is InChI=1S/C14H12Br4N2/c15-9-3-1-4-10(16)13(9)19-7-8-20-14-11(17)5-2-6-12(14)18/h1-6,19-20H,7-8H2. The summed E-state index contributed by atoms with van der Waals surface area (Å²) in [5.41, 5.74) is 2.14. The van der Waals surface area contributed by atoms with Crippen molar-refractivity contribution >= 4 is 75.1 Å². The number of nitrogens with one attached hydrogen (secondary N) is 2. The molecule has 2 aromatic rings. The molecule has 0 spiro atoms. The molecule has 0 aliphatic heterocycles. The second-order valence-electron chi connectivity index (χ2n) is 4.05. The zero-order valence-electron chi connectivity index (χ0n) is 10.4. The Morgan fingerprint density at radius 3 is 1.20 bits per heavy atom. The van der Waals surface area contributed by atoms with Crippen molar-refractivity contribution in [2.75, 3.05) is 23.7 Å². The summed E-state index contributed by atoms with van der Waals surface area (Å²) in [6, 6.07) is 12.1. The molecule has 106 valence electrons. The first-order valence-electron chi connectivity index (χ1n) is 5.95. The molecule has 2 rings (SSSR count). The number of hydrogen-bond acceptors (Lipinski definition) is 2. The molecule has 0 radical (unpaired) electrons. The fourth-order valence-electron chi connectivity index (χ4n) is 1.71. The van der Waals surface area contributed by atoms with Gasteiger partial charge in [-0.2, -0.15) is 0 Å². The number of hydrogen-bond donors (Lipinski definition) is 2. The van der Waals surface area contributed by atoms with Crippen LogP contribution in [0.4, 0.5) is 11.4 Å². The molecule has 0 aliphatic carbocycles. The van der Waals surface area contributed by atoms with Gasteiger partial charge in [0.05, 0.1) is 11.4 Å². The molecule has 0 aliphatic rings. The quantitative estimate of drug-likeness (QED) is 0.449. The average molecular weight is 528 g/mol. The summed E-state index contributed by atoms with van der Waals surface area (Å²) in [6.45, 7) is 1.63. The van der Waals surface area contributed by atoms with E-state index in [9.17, 15) is 0 Å². The molecular formula is C14H12Br4N2. The summed E-state index contributed by atoms with van der Waals surface area (Å²) in [6.07, 6.45) is 0. The van der Waals surface area contributed by atoms with Gasteiger partial charge in [-0.25, -0.2) is 0 Å². The minimum Gasteiger partial charge on any atom is -0.381 e. The van der Waals surface area contributed by atoms with E-state index in [0.717, 1.165) is 42.4 Å². The maximum Gasteiger partial charge on any atom is 0.0629 e. The van der Waals surface area contributed by atoms with Crippen LogP contribution in [0.2, 0.25) is 0 Å². The lowest BCUT2D eigenvalue weighted by Crippen LogP contribution is -2.14. The first kappa shape index (κ1) is 16.3. The Kier molecular flexibility index (Phi) is 6.39. The molecule has 6 heteroatoms. The van der Waals surface area contributed by atoms with Crippen LogP contribution in [-0.2, 0) is 0 Å². The molecule has 0 atom stereocenters. The Balaban J connectivity index is 1.91. The highest BCUT2D eigenvalue weighted by atomic mass is 79.9. The van der Waals surface area contributed by atoms with E-state index in [-0.39, 0.29) is 0 Å². The summed E-state index contributed by atoms with van der Waals surface area (Å²) >= 11 is 14.2. The summed E-state index contributed by atoms with van der Waals surface area (Å²) < 4.78 is 4.20. The smallest absolute Gasteiger partial charge is 0.0629 e. The lowest BCUT2D eigenvalue weighted by molar-refractivity contribution is 1.07. The van der Waals surface area contributed by atoms with Gasteiger partial charge in [0.2, 0.25) is 0 Å². The van der Waals surface area contributed by atoms with Crippen molar-refractivity contribution in [2.45, 2.75) is 0 Å². The Bertz CT molecular complexity index is 508. The molecule has 0 heterocycles. The molecule has 0 saturated carbocycles. The van der Waals surface area contributed by atoms with E-state index >= 15 is 0 Å². The third kappa shape index (κ3) is 4.23. The Morgan fingerprint density at radius 1 is 0.600 bits per heavy atom. The van der Waals surface area contributed by atoms with Gasteiger partial charge in [-0.15, -0.1) is 0 Å². The fraction of sp³-hybridized carbons (Fsp3) is 0.143. The number of anilines is 2. The summed E-state index contributed by atoms with van der Waals surface area (Å²) in [4.78, 5) is 0. The number of benzene rings is 2. The van der Waals surface area contributed by atoms with E-state index in [1.807, 2.05) is 36.4 Å². The molecule has 2 nitrogen and oxygen atoms in total. The second kappa shape index (κ2) is 7.82. The maximum atomic E-state index is 3.54. The Hall–Kier alpha value is -0.0400. The van der Waals surface area contributed by atoms with Gasteiger partial charge in [0.15, 0.2) is 0 Å². The van der Waals surface area contributed by atoms with Gasteiger partial charge in [-0.1, -0.05) is 12.1 Å². The van der Waals surface area contributed by atoms with Crippen molar-refractivity contribution in [2.24, 2.45) is 0 Å². The van der Waals surface area contributed by atoms with Crippen LogP contribution < -0.4 is 10.6 Å². The Morgan fingerprint density at radius 2 is 0.900 bits per heavy atom. The number of para-hydroxylation sites is 2. The third-order valence-corrected chi connectivity index (χ3v) is 5.30. The molecule has 2 N–H and O–H groups in total. The monoisotopic (exact) mass is 524 g/mol. The van der Waals surface area contributed by atoms with E-state index in [4.69, 9.17) is 0 Å². The van der Waals surface area contributed by atoms with E-state index in [2.05, 4.69) is 74.4 Å². The lowest BCUT2D eigenvalue weighted by atomic mass is 10.3. The SMILES string of the molecule is Brc1cccc(Br)c1NCCNc1c(Br)cccc1Br. The van der Waals surface area contributed by atoms with Crippen molar-refractivity contribution in [1.29, 1.82) is 0 Å². The van der Waals surface area contributed by atoms with Gasteiger partial charge in [-0.3, -0.25) is 0 Å². The van der Waals surface area contributed by atoms with Crippen molar-refractivity contribution in [1.82, 2.24) is 0 Å². The predicted molar refractivity (Wildman–Crippen MR) is 101 cm³/mol. The third-order valence-electron chi connectivity index (χ3n) is 2.65. The van der Waals surface area contributed by atoms with Gasteiger partial charge in [-0.05, 0) is 88.0 Å². The van der Waals surface area contributed by atoms with Crippen molar-refractivity contribution in [3.05, 3.63) is 54.3 Å². The van der Waals surface area contributed by atoms with Crippen LogP contribution in [0.25, 0.3) is 0 Å². The lowest BCUT2D eigenvalue weighted by Gasteiger charge is -2.13. The first-order chi connectivity index (χ1) is 9.59. The molecule has 0 aromatic heterocycles. The van der Waals surface area contributed by atoms with E-state index < -0.39 is 0 Å². The van der Waals surface area contributed by atoms with Crippen LogP contribution in [0.5, 0.6) is 0 Å². The molecule has 0 amide bonds. The van der Waals surface area contributed by atoms with Gasteiger partial charge in [0, 0.05) is 31.0 Å². The fourth-order valence-corrected chi connectivity index (χ4v) is 4.27. The maximum absolute atomic E-state index is 3.54. The molecule has 0 unspecified atom stereocenters. The van der Waals surface area contributed by atoms with E-state index in [1.165, 1.54) is 0 Å². The van der Waals surface area contributed by atoms with Crippen molar-refractivity contribution < 1.29 is 0 Å². The van der Waals surface area contributed by atoms with E-state index in [1.54, 1.807) is 0 Å². The molecular weight excluding hydrogens is 516 g/mol. The van der Waals surface area contributed by atoms with Crippen LogP contribution in [-0.4, -0.2) is 13.1 Å². The molecule has 2 aromatic carbocycles. The van der Waals surface area contributed by atoms with Crippen LogP contribution in [0, 0.1) is 0 Å². The topological polar surface area (TPSA) is 24.1 Å². The van der Waals surface area contributed by atoms with Crippen LogP contribution in [0.15, 0.2) is 54.3 Å². The molecule has 0 fully saturated rings. The first-order valence-corrected chi connectivity index (χ1v) is 9.12. The minimum atomic E-state index is 0.814. The Labute approximate surface area is 152 Å². The summed E-state index contributed by atoms with van der Waals surface area (Å²) in [5.74, 6) is 0. The largest absolute Gasteiger partial charge is 0.381 e. The highest BCUT2D eigenvalue weighted by molar-refractivity contribution is 9.11. The second-order valence-corrected chi connectivity index (χ2v) is 7.46. The van der Waals surface area contributed by atoms with Crippen LogP contribution >= 0.6 is 63.7 Å². The van der Waals surface area contributed by atoms with E-state index in [0.29, 0.717) is 0 Å². The number of rotatable bonds is 5. The normalized spacial score (nSPS) is 10.4. The minimum absolute atomic E-state index is 0.814. The summed E-state index contributed by atoms with van der Waals surface area (Å²) in [5, 5.41) is 6.81. The predicted octanol–water partition coefficient (Wildman–Crippen LogP) is 6.26. The zero-order chi connectivity index (χ0) is 14.5. The molecule has 0 bridgehead atoms. The highest BCUT2D eigenvalue weighted by Crippen LogP contribution is 2.31.